The minimum atomic E-state index is -0.513. The van der Waals surface area contributed by atoms with Crippen LogP contribution in [0.1, 0.15) is 51.0 Å². The molecule has 0 N–H and O–H groups in total. The van der Waals surface area contributed by atoms with E-state index in [1.54, 1.807) is 0 Å². The van der Waals surface area contributed by atoms with Crippen LogP contribution in [0.2, 0.25) is 0 Å². The van der Waals surface area contributed by atoms with E-state index >= 15 is 0 Å². The van der Waals surface area contributed by atoms with Gasteiger partial charge in [-0.05, 0) is 25.3 Å². The Hall–Kier alpha value is -1.15. The summed E-state index contributed by atoms with van der Waals surface area (Å²) in [7, 11) is 0. The van der Waals surface area contributed by atoms with Crippen molar-refractivity contribution in [2.24, 2.45) is 0 Å². The molecule has 2 nitrogen and oxygen atoms in total. The molecule has 1 saturated carbocycles. The maximum atomic E-state index is 12.7. The molecule has 0 saturated heterocycles. The van der Waals surface area contributed by atoms with Crippen molar-refractivity contribution < 1.29 is 9.53 Å². The monoisotopic (exact) mass is 260 g/mol. The molecule has 104 valence electrons. The molecule has 1 aliphatic carbocycles. The first-order valence-corrected chi connectivity index (χ1v) is 7.48. The lowest BCUT2D eigenvalue weighted by atomic mass is 9.86. The Balaban J connectivity index is 2.11. The molecule has 0 unspecified atom stereocenters. The number of carbonyl (C=O) groups excluding carboxylic acids is 1. The summed E-state index contributed by atoms with van der Waals surface area (Å²) < 4.78 is 5.93. The van der Waals surface area contributed by atoms with Gasteiger partial charge in [0.25, 0.3) is 0 Å². The van der Waals surface area contributed by atoms with Gasteiger partial charge in [-0.1, -0.05) is 56.0 Å². The van der Waals surface area contributed by atoms with Gasteiger partial charge < -0.3 is 4.74 Å². The molecule has 0 aliphatic heterocycles. The summed E-state index contributed by atoms with van der Waals surface area (Å²) in [6.45, 7) is 2.61. The Labute approximate surface area is 116 Å². The minimum absolute atomic E-state index is 0.266. The Morgan fingerprint density at radius 3 is 2.32 bits per heavy atom. The normalized spacial score (nSPS) is 18.8. The predicted molar refractivity (Wildman–Crippen MR) is 77.2 cm³/mol. The van der Waals surface area contributed by atoms with Crippen LogP contribution in [0, 0.1) is 0 Å². The van der Waals surface area contributed by atoms with Crippen molar-refractivity contribution in [3.63, 3.8) is 0 Å². The first-order chi connectivity index (χ1) is 9.27. The summed E-state index contributed by atoms with van der Waals surface area (Å²) in [5.74, 6) is 0.266. The maximum Gasteiger partial charge on any atom is 0.168 e. The Bertz CT molecular complexity index is 389. The molecule has 19 heavy (non-hydrogen) atoms. The molecule has 0 bridgehead atoms. The number of hydrogen-bond acceptors (Lipinski definition) is 2. The number of hydrogen-bond donors (Lipinski definition) is 0. The smallest absolute Gasteiger partial charge is 0.168 e. The van der Waals surface area contributed by atoms with Gasteiger partial charge in [-0.3, -0.25) is 4.79 Å². The van der Waals surface area contributed by atoms with Gasteiger partial charge >= 0.3 is 0 Å². The zero-order valence-electron chi connectivity index (χ0n) is 11.9. The van der Waals surface area contributed by atoms with Gasteiger partial charge in [-0.25, -0.2) is 0 Å². The van der Waals surface area contributed by atoms with Gasteiger partial charge in [0.2, 0.25) is 0 Å². The Morgan fingerprint density at radius 2 is 1.74 bits per heavy atom. The van der Waals surface area contributed by atoms with E-state index in [0.717, 1.165) is 31.2 Å². The molecule has 0 aromatic heterocycles. The molecule has 1 aromatic carbocycles. The molecular formula is C17H24O2. The fourth-order valence-corrected chi connectivity index (χ4v) is 3.02. The van der Waals surface area contributed by atoms with E-state index in [1.165, 1.54) is 12.8 Å². The highest BCUT2D eigenvalue weighted by atomic mass is 16.5. The van der Waals surface area contributed by atoms with E-state index in [-0.39, 0.29) is 5.78 Å². The third kappa shape index (κ3) is 3.66. The van der Waals surface area contributed by atoms with Crippen molar-refractivity contribution in [2.75, 3.05) is 6.61 Å². The second-order valence-corrected chi connectivity index (χ2v) is 5.43. The van der Waals surface area contributed by atoms with Gasteiger partial charge in [0, 0.05) is 13.0 Å². The van der Waals surface area contributed by atoms with Crippen molar-refractivity contribution in [1.29, 1.82) is 0 Å². The molecule has 2 rings (SSSR count). The standard InChI is InChI=1S/C17H24O2/c1-2-19-17(12-8-3-4-9-13-17)16(18)14-15-10-6-5-7-11-15/h5-7,10-11H,2-4,8-9,12-14H2,1H3. The van der Waals surface area contributed by atoms with Crippen LogP contribution in [0.5, 0.6) is 0 Å². The van der Waals surface area contributed by atoms with Crippen molar-refractivity contribution in [3.05, 3.63) is 35.9 Å². The number of Topliss-reactive ketones (excluding diaryl/α,β-unsaturated/α-hetero) is 1. The van der Waals surface area contributed by atoms with Crippen molar-refractivity contribution >= 4 is 5.78 Å². The van der Waals surface area contributed by atoms with Gasteiger partial charge in [-0.15, -0.1) is 0 Å². The largest absolute Gasteiger partial charge is 0.367 e. The fraction of sp³-hybridized carbons (Fsp3) is 0.588. The third-order valence-corrected chi connectivity index (χ3v) is 4.05. The minimum Gasteiger partial charge on any atom is -0.367 e. The fourth-order valence-electron chi connectivity index (χ4n) is 3.02. The summed E-state index contributed by atoms with van der Waals surface area (Å²) in [5.41, 5.74) is 0.581. The highest BCUT2D eigenvalue weighted by Gasteiger charge is 2.38. The van der Waals surface area contributed by atoms with Crippen LogP contribution in [0.3, 0.4) is 0 Å². The SMILES string of the molecule is CCOC1(C(=O)Cc2ccccc2)CCCCCC1. The summed E-state index contributed by atoms with van der Waals surface area (Å²) in [5, 5.41) is 0. The second-order valence-electron chi connectivity index (χ2n) is 5.43. The topological polar surface area (TPSA) is 26.3 Å². The molecule has 1 aromatic rings. The summed E-state index contributed by atoms with van der Waals surface area (Å²) in [4.78, 5) is 12.7. The number of ether oxygens (including phenoxy) is 1. The zero-order valence-corrected chi connectivity index (χ0v) is 11.9. The molecular weight excluding hydrogens is 236 g/mol. The first-order valence-electron chi connectivity index (χ1n) is 7.48. The van der Waals surface area contributed by atoms with Gasteiger partial charge in [0.1, 0.15) is 5.60 Å². The molecule has 0 amide bonds. The maximum absolute atomic E-state index is 12.7. The predicted octanol–water partition coefficient (Wildman–Crippen LogP) is 3.93. The lowest BCUT2D eigenvalue weighted by Crippen LogP contribution is -2.42. The Morgan fingerprint density at radius 1 is 1.11 bits per heavy atom. The molecule has 0 spiro atoms. The molecule has 1 fully saturated rings. The van der Waals surface area contributed by atoms with Gasteiger partial charge in [0.05, 0.1) is 0 Å². The van der Waals surface area contributed by atoms with E-state index in [0.29, 0.717) is 13.0 Å². The van der Waals surface area contributed by atoms with Crippen molar-refractivity contribution in [3.8, 4) is 0 Å². The molecule has 2 heteroatoms. The molecule has 1 aliphatic rings. The van der Waals surface area contributed by atoms with Gasteiger partial charge in [0.15, 0.2) is 5.78 Å². The van der Waals surface area contributed by atoms with E-state index in [9.17, 15) is 4.79 Å². The van der Waals surface area contributed by atoms with Crippen molar-refractivity contribution in [1.82, 2.24) is 0 Å². The van der Waals surface area contributed by atoms with Crippen LogP contribution in [0.15, 0.2) is 30.3 Å². The molecule has 0 heterocycles. The van der Waals surface area contributed by atoms with E-state index in [1.807, 2.05) is 37.3 Å². The second kappa shape index (κ2) is 6.85. The van der Waals surface area contributed by atoms with E-state index in [2.05, 4.69) is 0 Å². The third-order valence-electron chi connectivity index (χ3n) is 4.05. The van der Waals surface area contributed by atoms with E-state index in [4.69, 9.17) is 4.74 Å². The first kappa shape index (κ1) is 14.3. The van der Waals surface area contributed by atoms with Crippen LogP contribution in [-0.4, -0.2) is 18.0 Å². The lowest BCUT2D eigenvalue weighted by molar-refractivity contribution is -0.145. The van der Waals surface area contributed by atoms with Crippen LogP contribution in [0.4, 0.5) is 0 Å². The molecule has 0 atom stereocenters. The van der Waals surface area contributed by atoms with Crippen LogP contribution in [-0.2, 0) is 16.0 Å². The highest BCUT2D eigenvalue weighted by Crippen LogP contribution is 2.32. The number of benzene rings is 1. The van der Waals surface area contributed by atoms with Crippen LogP contribution in [0.25, 0.3) is 0 Å². The van der Waals surface area contributed by atoms with Gasteiger partial charge in [-0.2, -0.15) is 0 Å². The molecule has 0 radical (unpaired) electrons. The number of carbonyl (C=O) groups is 1. The lowest BCUT2D eigenvalue weighted by Gasteiger charge is -2.31. The van der Waals surface area contributed by atoms with Crippen molar-refractivity contribution in [2.45, 2.75) is 57.5 Å². The average molecular weight is 260 g/mol. The summed E-state index contributed by atoms with van der Waals surface area (Å²) >= 11 is 0. The van der Waals surface area contributed by atoms with E-state index < -0.39 is 5.60 Å². The average Bonchev–Trinajstić information content (AvgIpc) is 2.67. The number of ketones is 1. The zero-order chi connectivity index (χ0) is 13.6. The quantitative estimate of drug-likeness (QED) is 0.750. The highest BCUT2D eigenvalue weighted by molar-refractivity contribution is 5.89. The van der Waals surface area contributed by atoms with Crippen LogP contribution >= 0.6 is 0 Å². The summed E-state index contributed by atoms with van der Waals surface area (Å²) in [6.07, 6.45) is 6.97. The summed E-state index contributed by atoms with van der Waals surface area (Å²) in [6, 6.07) is 10.0. The number of rotatable bonds is 5. The Kier molecular flexibility index (Phi) is 5.15. The van der Waals surface area contributed by atoms with Crippen LogP contribution < -0.4 is 0 Å².